The van der Waals surface area contributed by atoms with Gasteiger partial charge >= 0.3 is 0 Å². The number of carbonyl (C=O) groups is 1. The van der Waals surface area contributed by atoms with E-state index in [9.17, 15) is 4.79 Å². The molecule has 1 heterocycles. The Kier molecular flexibility index (Phi) is 8.58. The van der Waals surface area contributed by atoms with Crippen molar-refractivity contribution < 1.29 is 15.0 Å². The van der Waals surface area contributed by atoms with Crippen LogP contribution in [0, 0.1) is 11.8 Å². The van der Waals surface area contributed by atoms with Gasteiger partial charge in [0.15, 0.2) is 5.13 Å². The largest absolute Gasteiger partial charge is 0.412 e. The Bertz CT molecular complexity index is 945. The lowest BCUT2D eigenvalue weighted by molar-refractivity contribution is -0.0733. The SMILES string of the molecule is CN(CC/C=C\c1ccc(C=O)cc1C#CCC1(OC(C)(C)C)CC1)c1nccs1.O. The molecular weight excluding hydrogens is 408 g/mol. The predicted octanol–water partition coefficient (Wildman–Crippen LogP) is 4.76. The Morgan fingerprint density at radius 2 is 2.10 bits per heavy atom. The molecule has 0 saturated heterocycles. The van der Waals surface area contributed by atoms with E-state index in [-0.39, 0.29) is 16.7 Å². The van der Waals surface area contributed by atoms with Gasteiger partial charge in [-0.25, -0.2) is 4.98 Å². The zero-order chi connectivity index (χ0) is 21.6. The summed E-state index contributed by atoms with van der Waals surface area (Å²) in [6, 6.07) is 5.67. The fourth-order valence-electron chi connectivity index (χ4n) is 3.28. The van der Waals surface area contributed by atoms with Crippen molar-refractivity contribution in [3.05, 3.63) is 52.5 Å². The van der Waals surface area contributed by atoms with Gasteiger partial charge in [-0.3, -0.25) is 4.79 Å². The monoisotopic (exact) mass is 440 g/mol. The molecule has 0 amide bonds. The summed E-state index contributed by atoms with van der Waals surface area (Å²) in [5, 5.41) is 3.01. The summed E-state index contributed by atoms with van der Waals surface area (Å²) in [6.07, 6.45) is 10.7. The van der Waals surface area contributed by atoms with E-state index in [0.717, 1.165) is 54.8 Å². The molecule has 3 rings (SSSR count). The molecule has 5 nitrogen and oxygen atoms in total. The van der Waals surface area contributed by atoms with Crippen LogP contribution in [0.1, 0.15) is 67.9 Å². The smallest absolute Gasteiger partial charge is 0.184 e. The molecule has 1 aromatic carbocycles. The van der Waals surface area contributed by atoms with Gasteiger partial charge in [-0.1, -0.05) is 36.1 Å². The second-order valence-corrected chi connectivity index (χ2v) is 9.64. The summed E-state index contributed by atoms with van der Waals surface area (Å²) in [5.41, 5.74) is 2.31. The Morgan fingerprint density at radius 1 is 1.32 bits per heavy atom. The first-order valence-electron chi connectivity index (χ1n) is 10.4. The molecule has 2 N–H and O–H groups in total. The van der Waals surface area contributed by atoms with Crippen molar-refractivity contribution >= 4 is 28.8 Å². The van der Waals surface area contributed by atoms with Crippen LogP contribution >= 0.6 is 11.3 Å². The van der Waals surface area contributed by atoms with Crippen molar-refractivity contribution in [2.24, 2.45) is 0 Å². The number of rotatable bonds is 8. The maximum atomic E-state index is 11.2. The van der Waals surface area contributed by atoms with Crippen LogP contribution in [0.2, 0.25) is 0 Å². The third kappa shape index (κ3) is 7.62. The van der Waals surface area contributed by atoms with Crippen LogP contribution in [0.4, 0.5) is 5.13 Å². The highest BCUT2D eigenvalue weighted by Gasteiger charge is 2.45. The average molecular weight is 441 g/mol. The van der Waals surface area contributed by atoms with E-state index in [4.69, 9.17) is 4.74 Å². The number of hydrogen-bond acceptors (Lipinski definition) is 5. The Hall–Kier alpha value is -2.46. The van der Waals surface area contributed by atoms with Crippen molar-refractivity contribution in [3.8, 4) is 11.8 Å². The number of hydrogen-bond donors (Lipinski definition) is 0. The third-order valence-corrected chi connectivity index (χ3v) is 5.74. The Balaban J connectivity index is 0.00000341. The number of nitrogens with zero attached hydrogens (tertiary/aromatic N) is 2. The first kappa shape index (κ1) is 24.8. The maximum Gasteiger partial charge on any atom is 0.184 e. The predicted molar refractivity (Wildman–Crippen MR) is 129 cm³/mol. The van der Waals surface area contributed by atoms with E-state index in [2.05, 4.69) is 61.7 Å². The molecule has 1 aliphatic carbocycles. The van der Waals surface area contributed by atoms with Crippen LogP contribution in [0.15, 0.2) is 35.9 Å². The topological polar surface area (TPSA) is 73.9 Å². The third-order valence-electron chi connectivity index (χ3n) is 4.85. The van der Waals surface area contributed by atoms with E-state index in [1.165, 1.54) is 0 Å². The van der Waals surface area contributed by atoms with Gasteiger partial charge in [0, 0.05) is 42.7 Å². The van der Waals surface area contributed by atoms with E-state index in [1.54, 1.807) is 11.3 Å². The van der Waals surface area contributed by atoms with Gasteiger partial charge in [0.05, 0.1) is 11.2 Å². The number of anilines is 1. The molecule has 1 aromatic heterocycles. The standard InChI is InChI=1S/C25H30N2O2S.H2O/c1-24(2,3)29-25(13-14-25)12-7-9-22-18-20(19-28)10-11-21(22)8-5-6-16-27(4)23-26-15-17-30-23;/h5,8,10-11,15,17-19H,6,12-14,16H2,1-4H3;1H2/b8-5-;. The van der Waals surface area contributed by atoms with E-state index in [0.29, 0.717) is 5.56 Å². The fourth-order valence-corrected chi connectivity index (χ4v) is 3.92. The fraction of sp³-hybridized carbons (Fsp3) is 0.440. The van der Waals surface area contributed by atoms with Gasteiger partial charge in [0.25, 0.3) is 0 Å². The lowest BCUT2D eigenvalue weighted by atomic mass is 10.0. The van der Waals surface area contributed by atoms with Crippen LogP contribution in [0.5, 0.6) is 0 Å². The molecule has 166 valence electrons. The highest BCUT2D eigenvalue weighted by molar-refractivity contribution is 7.13. The zero-order valence-corrected chi connectivity index (χ0v) is 19.6. The van der Waals surface area contributed by atoms with Crippen LogP contribution in [-0.4, -0.2) is 41.5 Å². The van der Waals surface area contributed by atoms with Crippen molar-refractivity contribution in [1.29, 1.82) is 0 Å². The molecule has 0 aliphatic heterocycles. The van der Waals surface area contributed by atoms with E-state index in [1.807, 2.05) is 29.8 Å². The van der Waals surface area contributed by atoms with Crippen molar-refractivity contribution in [1.82, 2.24) is 4.98 Å². The van der Waals surface area contributed by atoms with E-state index < -0.39 is 0 Å². The number of thiazole rings is 1. The maximum absolute atomic E-state index is 11.2. The first-order valence-corrected chi connectivity index (χ1v) is 11.2. The second-order valence-electron chi connectivity index (χ2n) is 8.77. The molecule has 0 atom stereocenters. The minimum Gasteiger partial charge on any atom is -0.412 e. The van der Waals surface area contributed by atoms with Crippen molar-refractivity contribution in [2.45, 2.75) is 57.7 Å². The quantitative estimate of drug-likeness (QED) is 0.438. The summed E-state index contributed by atoms with van der Waals surface area (Å²) in [6.45, 7) is 7.15. The molecule has 1 fully saturated rings. The lowest BCUT2D eigenvalue weighted by Crippen LogP contribution is -2.28. The molecule has 0 radical (unpaired) electrons. The number of aromatic nitrogens is 1. The number of ether oxygens (including phenoxy) is 1. The number of carbonyl (C=O) groups excluding carboxylic acids is 1. The Labute approximate surface area is 189 Å². The van der Waals surface area contributed by atoms with Crippen LogP contribution < -0.4 is 4.90 Å². The summed E-state index contributed by atoms with van der Waals surface area (Å²) in [4.78, 5) is 17.7. The average Bonchev–Trinajstić information content (AvgIpc) is 3.21. The molecule has 1 saturated carbocycles. The van der Waals surface area contributed by atoms with Gasteiger partial charge in [-0.05, 0) is 51.7 Å². The van der Waals surface area contributed by atoms with Gasteiger partial charge in [-0.15, -0.1) is 11.3 Å². The van der Waals surface area contributed by atoms with Gasteiger partial charge in [0.2, 0.25) is 0 Å². The molecule has 31 heavy (non-hydrogen) atoms. The van der Waals surface area contributed by atoms with E-state index >= 15 is 0 Å². The molecular formula is C25H32N2O3S. The zero-order valence-electron chi connectivity index (χ0n) is 18.8. The molecule has 6 heteroatoms. The van der Waals surface area contributed by atoms with Crippen LogP contribution in [-0.2, 0) is 4.74 Å². The summed E-state index contributed by atoms with van der Waals surface area (Å²) in [7, 11) is 2.05. The van der Waals surface area contributed by atoms with Gasteiger partial charge in [-0.2, -0.15) is 0 Å². The molecule has 1 aliphatic rings. The Morgan fingerprint density at radius 3 is 2.71 bits per heavy atom. The highest BCUT2D eigenvalue weighted by atomic mass is 32.1. The number of aldehydes is 1. The molecule has 2 aromatic rings. The summed E-state index contributed by atoms with van der Waals surface area (Å²) in [5.74, 6) is 6.59. The normalized spacial score (nSPS) is 14.5. The van der Waals surface area contributed by atoms with Crippen molar-refractivity contribution in [2.75, 3.05) is 18.5 Å². The minimum absolute atomic E-state index is 0. The number of benzene rings is 1. The minimum atomic E-state index is -0.157. The van der Waals surface area contributed by atoms with Crippen LogP contribution in [0.3, 0.4) is 0 Å². The second kappa shape index (κ2) is 10.7. The lowest BCUT2D eigenvalue weighted by Gasteiger charge is -2.26. The summed E-state index contributed by atoms with van der Waals surface area (Å²) >= 11 is 1.64. The summed E-state index contributed by atoms with van der Waals surface area (Å²) < 4.78 is 6.20. The van der Waals surface area contributed by atoms with Crippen LogP contribution in [0.25, 0.3) is 6.08 Å². The molecule has 0 spiro atoms. The van der Waals surface area contributed by atoms with Gasteiger partial charge in [0.1, 0.15) is 6.29 Å². The van der Waals surface area contributed by atoms with Crippen molar-refractivity contribution in [3.63, 3.8) is 0 Å². The highest BCUT2D eigenvalue weighted by Crippen LogP contribution is 2.45. The van der Waals surface area contributed by atoms with Gasteiger partial charge < -0.3 is 15.1 Å². The molecule has 0 unspecified atom stereocenters. The molecule has 0 bridgehead atoms. The first-order chi connectivity index (χ1) is 14.3.